The van der Waals surface area contributed by atoms with Crippen LogP contribution < -0.4 is 10.2 Å². The van der Waals surface area contributed by atoms with E-state index in [2.05, 4.69) is 67.5 Å². The number of benzene rings is 1. The molecule has 136 valence electrons. The zero-order valence-electron chi connectivity index (χ0n) is 15.2. The molecule has 1 aliphatic rings. The molecule has 7 nitrogen and oxygen atoms in total. The number of hydrogen-bond donors (Lipinski definition) is 1. The largest absolute Gasteiger partial charge is 0.369 e. The Bertz CT molecular complexity index is 857. The minimum absolute atomic E-state index is 0.269. The molecule has 0 spiro atoms. The zero-order valence-corrected chi connectivity index (χ0v) is 15.2. The fourth-order valence-corrected chi connectivity index (χ4v) is 3.53. The smallest absolute Gasteiger partial charge is 0.263 e. The first kappa shape index (κ1) is 16.8. The SMILES string of the molecule is Cc1noc2ncnc(N[C@H](C)CN3CCN(c4ccccc4)CC3)c12. The van der Waals surface area contributed by atoms with E-state index < -0.39 is 0 Å². The molecular weight excluding hydrogens is 328 g/mol. The van der Waals surface area contributed by atoms with Crippen molar-refractivity contribution in [2.24, 2.45) is 0 Å². The Hall–Kier alpha value is -2.67. The van der Waals surface area contributed by atoms with Gasteiger partial charge in [-0.3, -0.25) is 4.90 Å². The van der Waals surface area contributed by atoms with Crippen molar-refractivity contribution >= 4 is 22.6 Å². The third-order valence-electron chi connectivity index (χ3n) is 4.85. The molecule has 4 rings (SSSR count). The lowest BCUT2D eigenvalue weighted by Crippen LogP contribution is -2.49. The molecule has 0 aliphatic carbocycles. The molecule has 0 amide bonds. The maximum absolute atomic E-state index is 5.22. The topological polar surface area (TPSA) is 70.3 Å². The molecule has 1 aliphatic heterocycles. The van der Waals surface area contributed by atoms with E-state index in [0.717, 1.165) is 49.6 Å². The van der Waals surface area contributed by atoms with Gasteiger partial charge >= 0.3 is 0 Å². The summed E-state index contributed by atoms with van der Waals surface area (Å²) < 4.78 is 5.22. The lowest BCUT2D eigenvalue weighted by atomic mass is 10.2. The van der Waals surface area contributed by atoms with Gasteiger partial charge in [0.1, 0.15) is 17.5 Å². The quantitative estimate of drug-likeness (QED) is 0.756. The molecule has 1 N–H and O–H groups in total. The zero-order chi connectivity index (χ0) is 17.9. The van der Waals surface area contributed by atoms with Gasteiger partial charge in [-0.25, -0.2) is 4.98 Å². The van der Waals surface area contributed by atoms with E-state index in [9.17, 15) is 0 Å². The van der Waals surface area contributed by atoms with Crippen LogP contribution in [0.1, 0.15) is 12.6 Å². The van der Waals surface area contributed by atoms with Crippen LogP contribution in [-0.4, -0.2) is 58.8 Å². The molecule has 0 saturated carbocycles. The molecule has 1 saturated heterocycles. The molecular formula is C19H24N6O. The number of rotatable bonds is 5. The second kappa shape index (κ2) is 7.29. The summed E-state index contributed by atoms with van der Waals surface area (Å²) >= 11 is 0. The molecule has 1 aromatic carbocycles. The second-order valence-electron chi connectivity index (χ2n) is 6.84. The normalized spacial score (nSPS) is 16.8. The number of para-hydroxylation sites is 1. The molecule has 1 fully saturated rings. The van der Waals surface area contributed by atoms with Crippen molar-refractivity contribution in [2.75, 3.05) is 42.9 Å². The van der Waals surface area contributed by atoms with Crippen molar-refractivity contribution in [2.45, 2.75) is 19.9 Å². The Labute approximate surface area is 153 Å². The van der Waals surface area contributed by atoms with Crippen LogP contribution in [0.4, 0.5) is 11.5 Å². The molecule has 7 heteroatoms. The van der Waals surface area contributed by atoms with Crippen molar-refractivity contribution in [1.82, 2.24) is 20.0 Å². The van der Waals surface area contributed by atoms with Crippen molar-refractivity contribution in [3.63, 3.8) is 0 Å². The van der Waals surface area contributed by atoms with Gasteiger partial charge in [0.25, 0.3) is 5.71 Å². The molecule has 0 bridgehead atoms. The number of aromatic nitrogens is 3. The predicted octanol–water partition coefficient (Wildman–Crippen LogP) is 2.55. The van der Waals surface area contributed by atoms with Gasteiger partial charge in [0, 0.05) is 44.5 Å². The van der Waals surface area contributed by atoms with E-state index in [0.29, 0.717) is 5.71 Å². The lowest BCUT2D eigenvalue weighted by molar-refractivity contribution is 0.251. The summed E-state index contributed by atoms with van der Waals surface area (Å²) in [5.74, 6) is 0.796. The van der Waals surface area contributed by atoms with Crippen LogP contribution in [0.2, 0.25) is 0 Å². The van der Waals surface area contributed by atoms with Crippen LogP contribution in [0.5, 0.6) is 0 Å². The first-order chi connectivity index (χ1) is 12.7. The summed E-state index contributed by atoms with van der Waals surface area (Å²) in [5, 5.41) is 8.35. The first-order valence-corrected chi connectivity index (χ1v) is 9.06. The number of nitrogens with one attached hydrogen (secondary N) is 1. The highest BCUT2D eigenvalue weighted by Crippen LogP contribution is 2.23. The monoisotopic (exact) mass is 352 g/mol. The Morgan fingerprint density at radius 1 is 1.12 bits per heavy atom. The minimum Gasteiger partial charge on any atom is -0.369 e. The van der Waals surface area contributed by atoms with Gasteiger partial charge in [0.2, 0.25) is 0 Å². The summed E-state index contributed by atoms with van der Waals surface area (Å²) in [4.78, 5) is 13.4. The molecule has 0 radical (unpaired) electrons. The molecule has 0 unspecified atom stereocenters. The van der Waals surface area contributed by atoms with Crippen LogP contribution in [0.3, 0.4) is 0 Å². The van der Waals surface area contributed by atoms with Crippen molar-refractivity contribution in [3.05, 3.63) is 42.4 Å². The summed E-state index contributed by atoms with van der Waals surface area (Å²) in [6.07, 6.45) is 1.51. The number of anilines is 2. The highest BCUT2D eigenvalue weighted by molar-refractivity contribution is 5.87. The van der Waals surface area contributed by atoms with E-state index in [4.69, 9.17) is 4.52 Å². The number of nitrogens with zero attached hydrogens (tertiary/aromatic N) is 5. The molecule has 1 atom stereocenters. The van der Waals surface area contributed by atoms with Gasteiger partial charge in [-0.05, 0) is 26.0 Å². The Morgan fingerprint density at radius 2 is 1.88 bits per heavy atom. The highest BCUT2D eigenvalue weighted by atomic mass is 16.5. The summed E-state index contributed by atoms with van der Waals surface area (Å²) in [5.41, 5.74) is 2.65. The van der Waals surface area contributed by atoms with E-state index >= 15 is 0 Å². The van der Waals surface area contributed by atoms with Gasteiger partial charge in [0.15, 0.2) is 0 Å². The summed E-state index contributed by atoms with van der Waals surface area (Å²) in [6, 6.07) is 10.9. The van der Waals surface area contributed by atoms with E-state index in [1.165, 1.54) is 12.0 Å². The third kappa shape index (κ3) is 3.48. The van der Waals surface area contributed by atoms with Gasteiger partial charge < -0.3 is 14.7 Å². The second-order valence-corrected chi connectivity index (χ2v) is 6.84. The lowest BCUT2D eigenvalue weighted by Gasteiger charge is -2.37. The third-order valence-corrected chi connectivity index (χ3v) is 4.85. The van der Waals surface area contributed by atoms with Crippen LogP contribution in [0.15, 0.2) is 41.2 Å². The molecule has 2 aromatic heterocycles. The van der Waals surface area contributed by atoms with Gasteiger partial charge in [-0.2, -0.15) is 4.98 Å². The van der Waals surface area contributed by atoms with Crippen LogP contribution in [0.25, 0.3) is 11.1 Å². The summed E-state index contributed by atoms with van der Waals surface area (Å²) in [6.45, 7) is 9.30. The van der Waals surface area contributed by atoms with Gasteiger partial charge in [0.05, 0.1) is 5.69 Å². The van der Waals surface area contributed by atoms with Crippen molar-refractivity contribution in [1.29, 1.82) is 0 Å². The maximum Gasteiger partial charge on any atom is 0.263 e. The van der Waals surface area contributed by atoms with Crippen LogP contribution in [-0.2, 0) is 0 Å². The number of aryl methyl sites for hydroxylation is 1. The van der Waals surface area contributed by atoms with E-state index in [1.807, 2.05) is 6.92 Å². The first-order valence-electron chi connectivity index (χ1n) is 9.06. The molecule has 26 heavy (non-hydrogen) atoms. The maximum atomic E-state index is 5.22. The Kier molecular flexibility index (Phi) is 4.71. The Balaban J connectivity index is 1.34. The fourth-order valence-electron chi connectivity index (χ4n) is 3.53. The number of fused-ring (bicyclic) bond motifs is 1. The van der Waals surface area contributed by atoms with Crippen LogP contribution in [0, 0.1) is 6.92 Å². The van der Waals surface area contributed by atoms with Crippen molar-refractivity contribution < 1.29 is 4.52 Å². The number of hydrogen-bond acceptors (Lipinski definition) is 7. The summed E-state index contributed by atoms with van der Waals surface area (Å²) in [7, 11) is 0. The highest BCUT2D eigenvalue weighted by Gasteiger charge is 2.20. The van der Waals surface area contributed by atoms with Crippen LogP contribution >= 0.6 is 0 Å². The molecule has 3 aromatic rings. The van der Waals surface area contributed by atoms with Gasteiger partial charge in [-0.1, -0.05) is 23.4 Å². The standard InChI is InChI=1S/C19H24N6O/c1-14(22-18-17-15(2)23-26-19(17)21-13-20-18)12-24-8-10-25(11-9-24)16-6-4-3-5-7-16/h3-7,13-14H,8-12H2,1-2H3,(H,20,21,22)/t14-/m1/s1. The molecule has 3 heterocycles. The van der Waals surface area contributed by atoms with Gasteiger partial charge in [-0.15, -0.1) is 0 Å². The minimum atomic E-state index is 0.269. The Morgan fingerprint density at radius 3 is 2.65 bits per heavy atom. The number of piperazine rings is 1. The predicted molar refractivity (Wildman–Crippen MR) is 103 cm³/mol. The van der Waals surface area contributed by atoms with E-state index in [1.54, 1.807) is 0 Å². The van der Waals surface area contributed by atoms with Crippen molar-refractivity contribution in [3.8, 4) is 0 Å². The average Bonchev–Trinajstić information content (AvgIpc) is 3.05. The average molecular weight is 352 g/mol. The van der Waals surface area contributed by atoms with E-state index in [-0.39, 0.29) is 6.04 Å². The fraction of sp³-hybridized carbons (Fsp3) is 0.421.